The highest BCUT2D eigenvalue weighted by molar-refractivity contribution is 5.99. The molecule has 1 aliphatic rings. The molecule has 27 heavy (non-hydrogen) atoms. The van der Waals surface area contributed by atoms with Gasteiger partial charge < -0.3 is 15.1 Å². The number of nitrogens with one attached hydrogen (secondary N) is 1. The quantitative estimate of drug-likeness (QED) is 0.798. The van der Waals surface area contributed by atoms with Crippen LogP contribution < -0.4 is 5.32 Å². The fourth-order valence-corrected chi connectivity index (χ4v) is 2.81. The molecule has 0 unspecified atom stereocenters. The first-order chi connectivity index (χ1) is 13.1. The Hall–Kier alpha value is -3.29. The van der Waals surface area contributed by atoms with Crippen LogP contribution in [0.25, 0.3) is 0 Å². The maximum Gasteiger partial charge on any atom is 0.255 e. The van der Waals surface area contributed by atoms with Gasteiger partial charge >= 0.3 is 0 Å². The van der Waals surface area contributed by atoms with Gasteiger partial charge in [-0.05, 0) is 12.1 Å². The van der Waals surface area contributed by atoms with Crippen LogP contribution in [0.5, 0.6) is 0 Å². The molecule has 2 aromatic rings. The Kier molecular flexibility index (Phi) is 5.75. The van der Waals surface area contributed by atoms with E-state index in [2.05, 4.69) is 10.3 Å². The van der Waals surface area contributed by atoms with Gasteiger partial charge in [0.2, 0.25) is 6.41 Å². The number of nitrogens with zero attached hydrogens (tertiary/aromatic N) is 3. The second-order valence-corrected chi connectivity index (χ2v) is 6.17. The van der Waals surface area contributed by atoms with Crippen molar-refractivity contribution in [2.45, 2.75) is 6.54 Å². The predicted molar refractivity (Wildman–Crippen MR) is 95.3 cm³/mol. The molecule has 3 rings (SSSR count). The van der Waals surface area contributed by atoms with Crippen LogP contribution >= 0.6 is 0 Å². The van der Waals surface area contributed by atoms with Gasteiger partial charge in [-0.25, -0.2) is 4.39 Å². The van der Waals surface area contributed by atoms with Gasteiger partial charge in [0, 0.05) is 50.7 Å². The average molecular weight is 370 g/mol. The summed E-state index contributed by atoms with van der Waals surface area (Å²) in [7, 11) is 0. The van der Waals surface area contributed by atoms with Crippen LogP contribution in [-0.2, 0) is 11.3 Å². The van der Waals surface area contributed by atoms with Crippen LogP contribution in [0.15, 0.2) is 42.7 Å². The first-order valence-corrected chi connectivity index (χ1v) is 8.54. The highest BCUT2D eigenvalue weighted by atomic mass is 19.1. The molecule has 7 nitrogen and oxygen atoms in total. The fourth-order valence-electron chi connectivity index (χ4n) is 2.81. The van der Waals surface area contributed by atoms with E-state index in [1.807, 2.05) is 0 Å². The van der Waals surface area contributed by atoms with Crippen molar-refractivity contribution in [3.8, 4) is 0 Å². The average Bonchev–Trinajstić information content (AvgIpc) is 2.72. The minimum absolute atomic E-state index is 0.0390. The molecular weight excluding hydrogens is 351 g/mol. The Balaban J connectivity index is 1.64. The Morgan fingerprint density at radius 2 is 1.81 bits per heavy atom. The summed E-state index contributed by atoms with van der Waals surface area (Å²) in [5.41, 5.74) is 0.899. The molecule has 0 spiro atoms. The summed E-state index contributed by atoms with van der Waals surface area (Å²) in [5.74, 6) is -1.07. The second kappa shape index (κ2) is 8.39. The van der Waals surface area contributed by atoms with Crippen molar-refractivity contribution >= 4 is 18.2 Å². The molecule has 8 heteroatoms. The lowest BCUT2D eigenvalue weighted by molar-refractivity contribution is -0.119. The lowest BCUT2D eigenvalue weighted by atomic mass is 10.1. The third kappa shape index (κ3) is 4.46. The number of pyridine rings is 1. The summed E-state index contributed by atoms with van der Waals surface area (Å²) in [6.07, 6.45) is 3.53. The maximum absolute atomic E-state index is 13.6. The van der Waals surface area contributed by atoms with Gasteiger partial charge in [-0.15, -0.1) is 0 Å². The summed E-state index contributed by atoms with van der Waals surface area (Å²) >= 11 is 0. The number of carbonyl (C=O) groups is 3. The van der Waals surface area contributed by atoms with E-state index in [-0.39, 0.29) is 18.0 Å². The summed E-state index contributed by atoms with van der Waals surface area (Å²) in [6.45, 7) is 1.86. The van der Waals surface area contributed by atoms with Gasteiger partial charge in [0.15, 0.2) is 0 Å². The Morgan fingerprint density at radius 1 is 1.11 bits per heavy atom. The molecule has 2 heterocycles. The van der Waals surface area contributed by atoms with Gasteiger partial charge in [0.25, 0.3) is 11.8 Å². The number of hydrogen-bond acceptors (Lipinski definition) is 4. The summed E-state index contributed by atoms with van der Waals surface area (Å²) in [6, 6.07) is 7.65. The van der Waals surface area contributed by atoms with Gasteiger partial charge in [-0.2, -0.15) is 0 Å². The minimum atomic E-state index is -0.439. The molecule has 1 aliphatic heterocycles. The maximum atomic E-state index is 13.6. The van der Waals surface area contributed by atoms with Crippen molar-refractivity contribution in [1.82, 2.24) is 20.1 Å². The number of halogens is 1. The smallest absolute Gasteiger partial charge is 0.255 e. The lowest BCUT2D eigenvalue weighted by Gasteiger charge is -2.32. The molecule has 1 aromatic carbocycles. The van der Waals surface area contributed by atoms with E-state index in [4.69, 9.17) is 0 Å². The molecule has 0 radical (unpaired) electrons. The van der Waals surface area contributed by atoms with Crippen molar-refractivity contribution in [1.29, 1.82) is 0 Å². The van der Waals surface area contributed by atoms with E-state index in [0.717, 1.165) is 6.41 Å². The summed E-state index contributed by atoms with van der Waals surface area (Å²) < 4.78 is 13.6. The van der Waals surface area contributed by atoms with Crippen LogP contribution in [0.1, 0.15) is 26.3 Å². The van der Waals surface area contributed by atoms with Gasteiger partial charge in [0.05, 0.1) is 11.1 Å². The fraction of sp³-hybridized carbons (Fsp3) is 0.263. The highest BCUT2D eigenvalue weighted by Gasteiger charge is 2.22. The van der Waals surface area contributed by atoms with Crippen molar-refractivity contribution in [3.63, 3.8) is 0 Å². The number of piperazine rings is 1. The molecule has 140 valence electrons. The van der Waals surface area contributed by atoms with Crippen molar-refractivity contribution < 1.29 is 18.8 Å². The Bertz CT molecular complexity index is 850. The predicted octanol–water partition coefficient (Wildman–Crippen LogP) is 1.06. The molecule has 1 fully saturated rings. The topological polar surface area (TPSA) is 82.6 Å². The van der Waals surface area contributed by atoms with Gasteiger partial charge in [-0.3, -0.25) is 19.4 Å². The Labute approximate surface area is 155 Å². The second-order valence-electron chi connectivity index (χ2n) is 6.17. The molecule has 1 saturated heterocycles. The standard InChI is InChI=1S/C19H19FN4O3/c20-17-4-2-1-3-14(17)12-22-18(26)15-9-16(11-21-10-15)19(27)24-7-5-23(13-25)6-8-24/h1-4,9-11,13H,5-8,12H2,(H,22,26). The molecule has 0 atom stereocenters. The third-order valence-corrected chi connectivity index (χ3v) is 4.40. The number of amides is 3. The van der Waals surface area contributed by atoms with Crippen LogP contribution in [-0.4, -0.2) is 59.2 Å². The van der Waals surface area contributed by atoms with Crippen LogP contribution in [0, 0.1) is 5.82 Å². The molecule has 1 N–H and O–H groups in total. The van der Waals surface area contributed by atoms with E-state index >= 15 is 0 Å². The van der Waals surface area contributed by atoms with Crippen LogP contribution in [0.2, 0.25) is 0 Å². The van der Waals surface area contributed by atoms with E-state index in [9.17, 15) is 18.8 Å². The number of hydrogen-bond donors (Lipinski definition) is 1. The largest absolute Gasteiger partial charge is 0.348 e. The van der Waals surface area contributed by atoms with E-state index < -0.39 is 11.7 Å². The number of aromatic nitrogens is 1. The molecule has 0 saturated carbocycles. The number of carbonyl (C=O) groups excluding carboxylic acids is 3. The molecule has 0 bridgehead atoms. The summed E-state index contributed by atoms with van der Waals surface area (Å²) in [4.78, 5) is 42.9. The van der Waals surface area contributed by atoms with Crippen LogP contribution in [0.4, 0.5) is 4.39 Å². The first kappa shape index (κ1) is 18.5. The number of rotatable bonds is 5. The zero-order valence-electron chi connectivity index (χ0n) is 14.6. The minimum Gasteiger partial charge on any atom is -0.348 e. The van der Waals surface area contributed by atoms with Crippen molar-refractivity contribution in [2.24, 2.45) is 0 Å². The first-order valence-electron chi connectivity index (χ1n) is 8.54. The van der Waals surface area contributed by atoms with Gasteiger partial charge in [-0.1, -0.05) is 18.2 Å². The monoisotopic (exact) mass is 370 g/mol. The SMILES string of the molecule is O=CN1CCN(C(=O)c2cncc(C(=O)NCc3ccccc3F)c2)CC1. The van der Waals surface area contributed by atoms with E-state index in [1.54, 1.807) is 28.0 Å². The molecule has 1 aromatic heterocycles. The molecule has 0 aliphatic carbocycles. The zero-order chi connectivity index (χ0) is 19.2. The van der Waals surface area contributed by atoms with Crippen LogP contribution in [0.3, 0.4) is 0 Å². The van der Waals surface area contributed by atoms with E-state index in [1.165, 1.54) is 24.5 Å². The van der Waals surface area contributed by atoms with Crippen molar-refractivity contribution in [2.75, 3.05) is 26.2 Å². The third-order valence-electron chi connectivity index (χ3n) is 4.40. The zero-order valence-corrected chi connectivity index (χ0v) is 14.6. The lowest BCUT2D eigenvalue weighted by Crippen LogP contribution is -2.48. The number of benzene rings is 1. The molecule has 3 amide bonds. The highest BCUT2D eigenvalue weighted by Crippen LogP contribution is 2.10. The van der Waals surface area contributed by atoms with Crippen molar-refractivity contribution in [3.05, 3.63) is 65.2 Å². The molecular formula is C19H19FN4O3. The van der Waals surface area contributed by atoms with Gasteiger partial charge in [0.1, 0.15) is 5.82 Å². The summed E-state index contributed by atoms with van der Waals surface area (Å²) in [5, 5.41) is 2.63. The Morgan fingerprint density at radius 3 is 2.52 bits per heavy atom. The van der Waals surface area contributed by atoms with E-state index in [0.29, 0.717) is 37.3 Å². The normalized spacial score (nSPS) is 14.0.